The molecule has 0 aromatic heterocycles. The summed E-state index contributed by atoms with van der Waals surface area (Å²) in [6.07, 6.45) is -4.34. The van der Waals surface area contributed by atoms with Crippen molar-refractivity contribution in [3.05, 3.63) is 28.2 Å². The van der Waals surface area contributed by atoms with E-state index in [1.807, 2.05) is 20.8 Å². The highest BCUT2D eigenvalue weighted by Gasteiger charge is 2.33. The molecular weight excluding hydrogens is 295 g/mol. The molecule has 0 bridgehead atoms. The monoisotopic (exact) mass is 309 g/mol. The largest absolute Gasteiger partial charge is 0.417 e. The molecule has 1 aromatic carbocycles. The van der Waals surface area contributed by atoms with Crippen LogP contribution < -0.4 is 5.32 Å². The Morgan fingerprint density at radius 1 is 1.18 bits per heavy atom. The molecule has 0 spiro atoms. The van der Waals surface area contributed by atoms with E-state index in [4.69, 9.17) is 0 Å². The Kier molecular flexibility index (Phi) is 4.47. The Labute approximate surface area is 108 Å². The maximum Gasteiger partial charge on any atom is 0.417 e. The number of rotatable bonds is 3. The van der Waals surface area contributed by atoms with Gasteiger partial charge in [-0.05, 0) is 31.0 Å². The first-order valence-corrected chi connectivity index (χ1v) is 6.14. The maximum atomic E-state index is 12.7. The minimum atomic E-state index is -4.34. The minimum Gasteiger partial charge on any atom is -0.382 e. The number of anilines is 1. The summed E-state index contributed by atoms with van der Waals surface area (Å²) in [5, 5.41) is 3.06. The van der Waals surface area contributed by atoms with Crippen LogP contribution >= 0.6 is 15.9 Å². The molecule has 0 saturated carbocycles. The van der Waals surface area contributed by atoms with Crippen LogP contribution in [0, 0.1) is 5.92 Å². The lowest BCUT2D eigenvalue weighted by Gasteiger charge is -2.20. The quantitative estimate of drug-likeness (QED) is 0.835. The average Bonchev–Trinajstić information content (AvgIpc) is 2.19. The lowest BCUT2D eigenvalue weighted by Crippen LogP contribution is -2.21. The molecule has 17 heavy (non-hydrogen) atoms. The van der Waals surface area contributed by atoms with Crippen LogP contribution in [-0.4, -0.2) is 6.04 Å². The van der Waals surface area contributed by atoms with Crippen molar-refractivity contribution in [2.45, 2.75) is 33.0 Å². The summed E-state index contributed by atoms with van der Waals surface area (Å²) in [5.74, 6) is 0.355. The maximum absolute atomic E-state index is 12.7. The lowest BCUT2D eigenvalue weighted by atomic mass is 10.1. The molecule has 0 aliphatic heterocycles. The van der Waals surface area contributed by atoms with Crippen LogP contribution in [0.3, 0.4) is 0 Å². The SMILES string of the molecule is CC(C)C(C)Nc1ccc(Br)c(C(F)(F)F)c1. The number of benzene rings is 1. The summed E-state index contributed by atoms with van der Waals surface area (Å²) in [7, 11) is 0. The van der Waals surface area contributed by atoms with Crippen molar-refractivity contribution >= 4 is 21.6 Å². The van der Waals surface area contributed by atoms with E-state index >= 15 is 0 Å². The van der Waals surface area contributed by atoms with Gasteiger partial charge >= 0.3 is 6.18 Å². The predicted octanol–water partition coefficient (Wildman–Crippen LogP) is 4.92. The standard InChI is InChI=1S/C12H15BrF3N/c1-7(2)8(3)17-9-4-5-11(13)10(6-9)12(14,15)16/h4-8,17H,1-3H3. The summed E-state index contributed by atoms with van der Waals surface area (Å²) < 4.78 is 38.1. The third-order valence-corrected chi connectivity index (χ3v) is 3.36. The van der Waals surface area contributed by atoms with Crippen molar-refractivity contribution in [1.29, 1.82) is 0 Å². The van der Waals surface area contributed by atoms with Crippen LogP contribution in [0.25, 0.3) is 0 Å². The van der Waals surface area contributed by atoms with Crippen LogP contribution in [0.4, 0.5) is 18.9 Å². The number of alkyl halides is 3. The number of nitrogens with one attached hydrogen (secondary N) is 1. The van der Waals surface area contributed by atoms with Crippen molar-refractivity contribution in [3.63, 3.8) is 0 Å². The molecule has 0 aliphatic carbocycles. The summed E-state index contributed by atoms with van der Waals surface area (Å²) in [6, 6.07) is 4.30. The van der Waals surface area contributed by atoms with E-state index < -0.39 is 11.7 Å². The number of hydrogen-bond donors (Lipinski definition) is 1. The number of hydrogen-bond acceptors (Lipinski definition) is 1. The van der Waals surface area contributed by atoms with Crippen molar-refractivity contribution in [2.75, 3.05) is 5.32 Å². The van der Waals surface area contributed by atoms with Gasteiger partial charge in [0.25, 0.3) is 0 Å². The average molecular weight is 310 g/mol. The molecule has 0 saturated heterocycles. The van der Waals surface area contributed by atoms with Crippen LogP contribution in [0.2, 0.25) is 0 Å². The number of halogens is 4. The summed E-state index contributed by atoms with van der Waals surface area (Å²) in [5.41, 5.74) is -0.166. The highest BCUT2D eigenvalue weighted by Crippen LogP contribution is 2.36. The van der Waals surface area contributed by atoms with Crippen LogP contribution in [0.15, 0.2) is 22.7 Å². The van der Waals surface area contributed by atoms with E-state index in [0.29, 0.717) is 11.6 Å². The molecule has 0 heterocycles. The fourth-order valence-electron chi connectivity index (χ4n) is 1.26. The second-order valence-electron chi connectivity index (χ2n) is 4.37. The smallest absolute Gasteiger partial charge is 0.382 e. The van der Waals surface area contributed by atoms with Crippen molar-refractivity contribution < 1.29 is 13.2 Å². The molecule has 1 unspecified atom stereocenters. The van der Waals surface area contributed by atoms with E-state index in [1.54, 1.807) is 6.07 Å². The van der Waals surface area contributed by atoms with Crippen LogP contribution in [0.1, 0.15) is 26.3 Å². The van der Waals surface area contributed by atoms with Crippen molar-refractivity contribution in [1.82, 2.24) is 0 Å². The highest BCUT2D eigenvalue weighted by atomic mass is 79.9. The fourth-order valence-corrected chi connectivity index (χ4v) is 1.73. The first-order valence-electron chi connectivity index (χ1n) is 5.35. The van der Waals surface area contributed by atoms with Gasteiger partial charge in [-0.15, -0.1) is 0 Å². The van der Waals surface area contributed by atoms with Gasteiger partial charge in [0.2, 0.25) is 0 Å². The summed E-state index contributed by atoms with van der Waals surface area (Å²) in [4.78, 5) is 0. The molecule has 96 valence electrons. The van der Waals surface area contributed by atoms with Gasteiger partial charge in [0, 0.05) is 16.2 Å². The molecular formula is C12H15BrF3N. The first kappa shape index (κ1) is 14.4. The van der Waals surface area contributed by atoms with Crippen LogP contribution in [-0.2, 0) is 6.18 Å². The highest BCUT2D eigenvalue weighted by molar-refractivity contribution is 9.10. The fraction of sp³-hybridized carbons (Fsp3) is 0.500. The van der Waals surface area contributed by atoms with Gasteiger partial charge in [0.1, 0.15) is 0 Å². The molecule has 0 aliphatic rings. The zero-order chi connectivity index (χ0) is 13.2. The molecule has 1 rings (SSSR count). The van der Waals surface area contributed by atoms with Gasteiger partial charge in [0.05, 0.1) is 5.56 Å². The van der Waals surface area contributed by atoms with Gasteiger partial charge in [-0.25, -0.2) is 0 Å². The van der Waals surface area contributed by atoms with Gasteiger partial charge in [0.15, 0.2) is 0 Å². The van der Waals surface area contributed by atoms with E-state index in [0.717, 1.165) is 6.07 Å². The third-order valence-electron chi connectivity index (χ3n) is 2.67. The Morgan fingerprint density at radius 2 is 1.76 bits per heavy atom. The first-order chi connectivity index (χ1) is 7.71. The molecule has 1 N–H and O–H groups in total. The lowest BCUT2D eigenvalue weighted by molar-refractivity contribution is -0.138. The van der Waals surface area contributed by atoms with E-state index in [-0.39, 0.29) is 10.5 Å². The van der Waals surface area contributed by atoms with Gasteiger partial charge in [-0.2, -0.15) is 13.2 Å². The Balaban J connectivity index is 2.97. The molecule has 1 nitrogen and oxygen atoms in total. The summed E-state index contributed by atoms with van der Waals surface area (Å²) in [6.45, 7) is 5.97. The summed E-state index contributed by atoms with van der Waals surface area (Å²) >= 11 is 2.91. The van der Waals surface area contributed by atoms with E-state index in [2.05, 4.69) is 21.2 Å². The van der Waals surface area contributed by atoms with Crippen LogP contribution in [0.5, 0.6) is 0 Å². The molecule has 0 radical (unpaired) electrons. The Hall–Kier alpha value is -0.710. The topological polar surface area (TPSA) is 12.0 Å². The third kappa shape index (κ3) is 3.91. The molecule has 0 fully saturated rings. The molecule has 0 amide bonds. The Morgan fingerprint density at radius 3 is 2.24 bits per heavy atom. The Bertz CT molecular complexity index is 388. The molecule has 5 heteroatoms. The van der Waals surface area contributed by atoms with Crippen molar-refractivity contribution in [3.8, 4) is 0 Å². The predicted molar refractivity (Wildman–Crippen MR) is 67.1 cm³/mol. The van der Waals surface area contributed by atoms with Gasteiger partial charge < -0.3 is 5.32 Å². The zero-order valence-corrected chi connectivity index (χ0v) is 11.5. The second-order valence-corrected chi connectivity index (χ2v) is 5.22. The van der Waals surface area contributed by atoms with Gasteiger partial charge in [-0.3, -0.25) is 0 Å². The van der Waals surface area contributed by atoms with E-state index in [9.17, 15) is 13.2 Å². The zero-order valence-electron chi connectivity index (χ0n) is 9.90. The molecule has 1 aromatic rings. The second kappa shape index (κ2) is 5.29. The van der Waals surface area contributed by atoms with E-state index in [1.165, 1.54) is 6.07 Å². The van der Waals surface area contributed by atoms with Gasteiger partial charge in [-0.1, -0.05) is 29.8 Å². The van der Waals surface area contributed by atoms with Crippen molar-refractivity contribution in [2.24, 2.45) is 5.92 Å². The normalized spacial score (nSPS) is 13.9. The minimum absolute atomic E-state index is 0.0627. The molecule has 1 atom stereocenters.